The van der Waals surface area contributed by atoms with E-state index < -0.39 is 41.2 Å². The molecule has 2 aromatic carbocycles. The van der Waals surface area contributed by atoms with E-state index >= 15 is 0 Å². The van der Waals surface area contributed by atoms with Gasteiger partial charge in [0, 0.05) is 34.8 Å². The van der Waals surface area contributed by atoms with Gasteiger partial charge in [-0.25, -0.2) is 41.9 Å². The molecule has 9 heteroatoms. The molecule has 4 rings (SSSR count). The molecule has 0 saturated heterocycles. The molecule has 0 radical (unpaired) electrons. The van der Waals surface area contributed by atoms with Gasteiger partial charge in [-0.3, -0.25) is 12.2 Å². The maximum atomic E-state index is 14.4. The number of allylic oxidation sites excluding steroid dienone is 8. The summed E-state index contributed by atoms with van der Waals surface area (Å²) in [6.45, 7) is 32.2. The zero-order valence-electron chi connectivity index (χ0n) is 33.8. The van der Waals surface area contributed by atoms with Gasteiger partial charge in [0.05, 0.1) is 35.8 Å². The third kappa shape index (κ3) is 11.6. The van der Waals surface area contributed by atoms with E-state index in [-0.39, 0.29) is 32.8 Å². The fourth-order valence-electron chi connectivity index (χ4n) is 7.48. The van der Waals surface area contributed by atoms with Gasteiger partial charge in [-0.1, -0.05) is 27.7 Å². The molecule has 0 fully saturated rings. The molecule has 51 heavy (non-hydrogen) atoms. The smallest absolute Gasteiger partial charge is 0.396 e. The predicted octanol–water partition coefficient (Wildman–Crippen LogP) is 11.6. The Labute approximate surface area is 327 Å². The second-order valence-electron chi connectivity index (χ2n) is 15.2. The summed E-state index contributed by atoms with van der Waals surface area (Å²) in [6.07, 6.45) is 20.0. The van der Waals surface area contributed by atoms with Gasteiger partial charge in [0.1, 0.15) is 0 Å². The van der Waals surface area contributed by atoms with Crippen molar-refractivity contribution >= 4 is 29.3 Å². The van der Waals surface area contributed by atoms with Crippen LogP contribution in [-0.4, -0.2) is 42.1 Å². The van der Waals surface area contributed by atoms with Crippen LogP contribution in [0.4, 0.5) is 28.9 Å². The van der Waals surface area contributed by atoms with Crippen molar-refractivity contribution in [2.45, 2.75) is 119 Å². The third-order valence-corrected chi connectivity index (χ3v) is 17.5. The molecule has 0 amide bonds. The number of hydrogen-bond donors (Lipinski definition) is 0. The number of rotatable bonds is 10. The molecule has 2 nitrogen and oxygen atoms in total. The van der Waals surface area contributed by atoms with Crippen molar-refractivity contribution in [3.63, 3.8) is 0 Å². The van der Waals surface area contributed by atoms with Crippen molar-refractivity contribution in [3.8, 4) is 0 Å². The van der Waals surface area contributed by atoms with Crippen LogP contribution in [0.25, 0.3) is 0 Å². The Morgan fingerprint density at radius 2 is 0.941 bits per heavy atom. The molecule has 0 aromatic heterocycles. The first-order valence-corrected chi connectivity index (χ1v) is 23.8. The van der Waals surface area contributed by atoms with Gasteiger partial charge in [0.2, 0.25) is 0 Å². The largest absolute Gasteiger partial charge is 4.00 e. The van der Waals surface area contributed by atoms with Gasteiger partial charge in [-0.15, -0.1) is 49.2 Å². The van der Waals surface area contributed by atoms with E-state index in [0.717, 1.165) is 25.9 Å². The number of hydrogen-bond acceptors (Lipinski definition) is 0. The van der Waals surface area contributed by atoms with Crippen molar-refractivity contribution in [3.05, 3.63) is 108 Å². The molecule has 2 aromatic rings. The van der Waals surface area contributed by atoms with Crippen molar-refractivity contribution in [2.75, 3.05) is 13.1 Å². The van der Waals surface area contributed by atoms with Gasteiger partial charge in [0.25, 0.3) is 17.9 Å². The minimum atomic E-state index is -1.32. The van der Waals surface area contributed by atoms with Gasteiger partial charge in [-0.2, -0.15) is 12.2 Å². The summed E-state index contributed by atoms with van der Waals surface area (Å²) in [5, 5.41) is 0. The van der Waals surface area contributed by atoms with E-state index in [0.29, 0.717) is 31.5 Å². The summed E-state index contributed by atoms with van der Waals surface area (Å²) in [7, 11) is -2.64. The zero-order valence-corrected chi connectivity index (χ0v) is 37.7. The van der Waals surface area contributed by atoms with Crippen LogP contribution in [0.15, 0.2) is 60.7 Å². The van der Waals surface area contributed by atoms with Crippen molar-refractivity contribution < 1.29 is 39.3 Å². The first-order valence-electron chi connectivity index (χ1n) is 18.2. The van der Waals surface area contributed by atoms with Crippen molar-refractivity contribution in [2.24, 2.45) is 11.8 Å². The van der Waals surface area contributed by atoms with Gasteiger partial charge < -0.3 is 8.30 Å². The van der Waals surface area contributed by atoms with Crippen molar-refractivity contribution in [1.29, 1.82) is 0 Å². The Bertz CT molecular complexity index is 1340. The van der Waals surface area contributed by atoms with Crippen LogP contribution < -0.4 is 8.30 Å². The number of nitrogens with zero attached hydrogens (tertiary/aromatic N) is 2. The molecule has 0 saturated carbocycles. The van der Waals surface area contributed by atoms with Gasteiger partial charge in [0.15, 0.2) is 0 Å². The monoisotopic (exact) mass is 776 g/mol. The molecule has 280 valence electrons. The van der Waals surface area contributed by atoms with Gasteiger partial charge >= 0.3 is 21.7 Å². The first kappa shape index (κ1) is 49.2. The van der Waals surface area contributed by atoms with Crippen molar-refractivity contribution in [1.82, 2.24) is 8.30 Å². The molecule has 0 aliphatic heterocycles. The summed E-state index contributed by atoms with van der Waals surface area (Å²) in [6, 6.07) is 10.3. The van der Waals surface area contributed by atoms with E-state index in [1.807, 2.05) is 24.3 Å². The van der Waals surface area contributed by atoms with E-state index in [2.05, 4.69) is 132 Å². The summed E-state index contributed by atoms with van der Waals surface area (Å²) < 4.78 is 56.4. The zero-order chi connectivity index (χ0) is 38.5. The standard InChI is InChI=1S/2C16H27F2NSi.2C5H5.Ti/c2*1-8-19(20(6)7,16(4,5)12(2)3)15-10-9-13(17)11-14(15)18;2*1-2-4-5-3-1;/h2*9-10,12,20H,8H2,1-7H3;2*1-3H,4H2;/q;;2*-1;+4. The minimum absolute atomic E-state index is 0. The summed E-state index contributed by atoms with van der Waals surface area (Å²) in [5.41, 5.74) is 0.965. The molecule has 2 aliphatic rings. The average molecular weight is 777 g/mol. The molecule has 0 heterocycles. The van der Waals surface area contributed by atoms with Crippen LogP contribution in [-0.2, 0) is 21.7 Å². The number of quaternary nitrogens is 2. The second kappa shape index (κ2) is 21.8. The maximum Gasteiger partial charge on any atom is 4.00 e. The first-order chi connectivity index (χ1) is 23.2. The molecular formula is C42H64F4N2Si2Ti+2. The normalized spacial score (nSPS) is 15.8. The summed E-state index contributed by atoms with van der Waals surface area (Å²) in [5.74, 6) is -1.56. The molecule has 0 bridgehead atoms. The van der Waals surface area contributed by atoms with Crippen LogP contribution in [0.5, 0.6) is 0 Å². The van der Waals surface area contributed by atoms with E-state index in [4.69, 9.17) is 0 Å². The topological polar surface area (TPSA) is 0 Å². The average Bonchev–Trinajstić information content (AvgIpc) is 3.80. The van der Waals surface area contributed by atoms with E-state index in [1.165, 1.54) is 12.1 Å². The Morgan fingerprint density at radius 1 is 0.627 bits per heavy atom. The van der Waals surface area contributed by atoms with Gasteiger partial charge in [-0.05, 0) is 67.7 Å². The third-order valence-electron chi connectivity index (χ3n) is 11.4. The number of benzene rings is 2. The van der Waals surface area contributed by atoms with Crippen LogP contribution in [0, 0.1) is 59.4 Å². The van der Waals surface area contributed by atoms with Crippen LogP contribution in [0.1, 0.15) is 82.1 Å². The minimum Gasteiger partial charge on any atom is -0.396 e. The quantitative estimate of drug-likeness (QED) is 0.128. The molecular weight excluding hydrogens is 713 g/mol. The predicted molar refractivity (Wildman–Crippen MR) is 214 cm³/mol. The Balaban J connectivity index is 0.000000754. The number of halogens is 4. The maximum absolute atomic E-state index is 14.4. The fourth-order valence-corrected chi connectivity index (χ4v) is 13.7. The van der Waals surface area contributed by atoms with Crippen LogP contribution in [0.2, 0.25) is 26.2 Å². The van der Waals surface area contributed by atoms with Crippen LogP contribution in [0.3, 0.4) is 0 Å². The molecule has 2 unspecified atom stereocenters. The molecule has 2 atom stereocenters. The Kier molecular flexibility index (Phi) is 21.0. The Hall–Kier alpha value is -1.81. The Morgan fingerprint density at radius 3 is 1.10 bits per heavy atom. The molecule has 0 spiro atoms. The van der Waals surface area contributed by atoms with Crippen LogP contribution >= 0.6 is 0 Å². The second-order valence-corrected chi connectivity index (χ2v) is 21.3. The fraction of sp³-hybridized carbons (Fsp3) is 0.524. The molecule has 0 N–H and O–H groups in total. The molecule has 2 aliphatic carbocycles. The van der Waals surface area contributed by atoms with E-state index in [1.54, 1.807) is 12.1 Å². The summed E-state index contributed by atoms with van der Waals surface area (Å²) in [4.78, 5) is 0. The summed E-state index contributed by atoms with van der Waals surface area (Å²) >= 11 is 0. The van der Waals surface area contributed by atoms with E-state index in [9.17, 15) is 17.6 Å². The SMILES string of the molecule is CC[N+](c1ccc(F)[c-]c1F)([SiH](C)C)C(C)(C)C(C)C.CC[N+](c1ccc(F)[c-]c1F)([SiH](C)C)C(C)(C)C(C)C.[C-]1=CC=CC1.[C-]1=CC=CC1.[Ti+4].